The largest absolute Gasteiger partial charge is 0.213 e. The maximum Gasteiger partial charge on any atom is 0.210 e. The lowest BCUT2D eigenvalue weighted by molar-refractivity contribution is 0.226. The van der Waals surface area contributed by atoms with Crippen LogP contribution in [0.15, 0.2) is 0 Å². The molecule has 4 heteroatoms. The van der Waals surface area contributed by atoms with Crippen LogP contribution in [0.5, 0.6) is 0 Å². The third kappa shape index (κ3) is 4.62. The number of rotatable bonds is 3. The molecule has 0 aromatic rings. The topological polar surface area (TPSA) is 37.4 Å². The summed E-state index contributed by atoms with van der Waals surface area (Å²) in [5.74, 6) is 0.354. The summed E-state index contributed by atoms with van der Waals surface area (Å²) in [5, 5.41) is 0. The Kier molecular flexibility index (Phi) is 3.94. The quantitative estimate of drug-likeness (QED) is 0.704. The van der Waals surface area contributed by atoms with Crippen LogP contribution in [0.3, 0.4) is 0 Å². The van der Waals surface area contributed by atoms with Crippen molar-refractivity contribution in [2.45, 2.75) is 27.7 Å². The van der Waals surface area contributed by atoms with Gasteiger partial charge in [0.15, 0.2) is 0 Å². The number of sulfonamides is 1. The molecule has 1 atom stereocenters. The van der Waals surface area contributed by atoms with Gasteiger partial charge >= 0.3 is 0 Å². The van der Waals surface area contributed by atoms with Gasteiger partial charge in [-0.25, -0.2) is 12.7 Å². The molecule has 0 fully saturated rings. The van der Waals surface area contributed by atoms with Gasteiger partial charge in [0.05, 0.1) is 6.26 Å². The standard InChI is InChI=1S/C9H21NO2S/c1-8(9(2,3)4)7-10(5)13(6,11)12/h8H,7H2,1-6H3/t8-/m1/s1. The summed E-state index contributed by atoms with van der Waals surface area (Å²) in [5.41, 5.74) is 0.152. The van der Waals surface area contributed by atoms with E-state index in [1.807, 2.05) is 0 Å². The Bertz CT molecular complexity index is 251. The summed E-state index contributed by atoms with van der Waals surface area (Å²) in [6, 6.07) is 0. The first kappa shape index (κ1) is 12.9. The molecule has 0 spiro atoms. The van der Waals surface area contributed by atoms with Gasteiger partial charge < -0.3 is 0 Å². The molecule has 0 unspecified atom stereocenters. The number of hydrogen-bond acceptors (Lipinski definition) is 2. The molecule has 0 bridgehead atoms. The van der Waals surface area contributed by atoms with Crippen LogP contribution in [0.1, 0.15) is 27.7 Å². The van der Waals surface area contributed by atoms with E-state index in [-0.39, 0.29) is 5.41 Å². The van der Waals surface area contributed by atoms with E-state index in [2.05, 4.69) is 27.7 Å². The monoisotopic (exact) mass is 207 g/mol. The Hall–Kier alpha value is -0.0900. The summed E-state index contributed by atoms with van der Waals surface area (Å²) < 4.78 is 23.6. The third-order valence-corrected chi connectivity index (χ3v) is 3.86. The average molecular weight is 207 g/mol. The van der Waals surface area contributed by atoms with Gasteiger partial charge in [-0.15, -0.1) is 0 Å². The summed E-state index contributed by atoms with van der Waals surface area (Å²) in [6.07, 6.45) is 1.24. The molecule has 13 heavy (non-hydrogen) atoms. The second-order valence-corrected chi connectivity index (χ2v) is 6.90. The zero-order valence-corrected chi connectivity index (χ0v) is 10.3. The fraction of sp³-hybridized carbons (Fsp3) is 1.00. The highest BCUT2D eigenvalue weighted by Gasteiger charge is 2.23. The molecule has 0 aliphatic carbocycles. The van der Waals surface area contributed by atoms with Crippen molar-refractivity contribution < 1.29 is 8.42 Å². The van der Waals surface area contributed by atoms with Crippen molar-refractivity contribution in [3.63, 3.8) is 0 Å². The van der Waals surface area contributed by atoms with Gasteiger partial charge in [0.25, 0.3) is 0 Å². The smallest absolute Gasteiger partial charge is 0.210 e. The average Bonchev–Trinajstić information content (AvgIpc) is 1.82. The molecule has 0 aliphatic heterocycles. The van der Waals surface area contributed by atoms with Crippen molar-refractivity contribution in [2.75, 3.05) is 19.8 Å². The maximum absolute atomic E-state index is 11.1. The first-order chi connectivity index (χ1) is 5.55. The predicted octanol–water partition coefficient (Wildman–Crippen LogP) is 1.56. The highest BCUT2D eigenvalue weighted by Crippen LogP contribution is 2.26. The SMILES string of the molecule is C[C@H](CN(C)S(C)(=O)=O)C(C)(C)C. The van der Waals surface area contributed by atoms with E-state index in [0.717, 1.165) is 0 Å². The minimum Gasteiger partial charge on any atom is -0.213 e. The van der Waals surface area contributed by atoms with Crippen molar-refractivity contribution in [1.82, 2.24) is 4.31 Å². The van der Waals surface area contributed by atoms with E-state index < -0.39 is 10.0 Å². The zero-order valence-electron chi connectivity index (χ0n) is 9.46. The van der Waals surface area contributed by atoms with Gasteiger partial charge in [0.1, 0.15) is 0 Å². The van der Waals surface area contributed by atoms with E-state index in [1.54, 1.807) is 7.05 Å². The first-order valence-electron chi connectivity index (χ1n) is 4.46. The maximum atomic E-state index is 11.1. The second-order valence-electron chi connectivity index (χ2n) is 4.81. The Morgan fingerprint density at radius 1 is 1.31 bits per heavy atom. The van der Waals surface area contributed by atoms with Crippen LogP contribution >= 0.6 is 0 Å². The van der Waals surface area contributed by atoms with Crippen molar-refractivity contribution >= 4 is 10.0 Å². The van der Waals surface area contributed by atoms with E-state index in [1.165, 1.54) is 10.6 Å². The van der Waals surface area contributed by atoms with Crippen molar-refractivity contribution in [2.24, 2.45) is 11.3 Å². The lowest BCUT2D eigenvalue weighted by Crippen LogP contribution is -2.34. The van der Waals surface area contributed by atoms with E-state index in [9.17, 15) is 8.42 Å². The lowest BCUT2D eigenvalue weighted by atomic mass is 9.82. The number of nitrogens with zero attached hydrogens (tertiary/aromatic N) is 1. The van der Waals surface area contributed by atoms with Crippen molar-refractivity contribution in [3.8, 4) is 0 Å². The molecule has 0 aromatic carbocycles. The fourth-order valence-corrected chi connectivity index (χ4v) is 1.29. The molecule has 0 amide bonds. The van der Waals surface area contributed by atoms with Crippen LogP contribution in [0.2, 0.25) is 0 Å². The minimum atomic E-state index is -3.02. The van der Waals surface area contributed by atoms with E-state index >= 15 is 0 Å². The Labute approximate surface area is 82.2 Å². The van der Waals surface area contributed by atoms with E-state index in [0.29, 0.717) is 12.5 Å². The van der Waals surface area contributed by atoms with Gasteiger partial charge in [0, 0.05) is 13.6 Å². The van der Waals surface area contributed by atoms with Gasteiger partial charge in [-0.3, -0.25) is 0 Å². The Balaban J connectivity index is 4.32. The van der Waals surface area contributed by atoms with Gasteiger partial charge in [0.2, 0.25) is 10.0 Å². The van der Waals surface area contributed by atoms with Crippen LogP contribution in [-0.4, -0.2) is 32.6 Å². The summed E-state index contributed by atoms with van der Waals surface area (Å²) >= 11 is 0. The zero-order chi connectivity index (χ0) is 10.9. The van der Waals surface area contributed by atoms with Crippen LogP contribution < -0.4 is 0 Å². The molecule has 0 saturated heterocycles. The Morgan fingerprint density at radius 3 is 1.92 bits per heavy atom. The molecular weight excluding hydrogens is 186 g/mol. The van der Waals surface area contributed by atoms with Gasteiger partial charge in [-0.2, -0.15) is 0 Å². The molecule has 0 aliphatic rings. The molecular formula is C9H21NO2S. The minimum absolute atomic E-state index is 0.152. The molecule has 0 heterocycles. The first-order valence-corrected chi connectivity index (χ1v) is 6.31. The summed E-state index contributed by atoms with van der Waals surface area (Å²) in [6.45, 7) is 9.01. The van der Waals surface area contributed by atoms with Crippen LogP contribution in [0.4, 0.5) is 0 Å². The van der Waals surface area contributed by atoms with Crippen LogP contribution in [-0.2, 0) is 10.0 Å². The molecule has 3 nitrogen and oxygen atoms in total. The van der Waals surface area contributed by atoms with Crippen molar-refractivity contribution in [3.05, 3.63) is 0 Å². The fourth-order valence-electron chi connectivity index (χ4n) is 0.795. The van der Waals surface area contributed by atoms with Crippen LogP contribution in [0.25, 0.3) is 0 Å². The Morgan fingerprint density at radius 2 is 1.69 bits per heavy atom. The number of hydrogen-bond donors (Lipinski definition) is 0. The summed E-state index contributed by atoms with van der Waals surface area (Å²) in [7, 11) is -1.40. The molecule has 0 saturated carbocycles. The predicted molar refractivity (Wildman–Crippen MR) is 56.1 cm³/mol. The van der Waals surface area contributed by atoms with E-state index in [4.69, 9.17) is 0 Å². The molecule has 0 N–H and O–H groups in total. The normalized spacial score (nSPS) is 16.2. The highest BCUT2D eigenvalue weighted by atomic mass is 32.2. The molecule has 0 aromatic heterocycles. The van der Waals surface area contributed by atoms with Gasteiger partial charge in [-0.05, 0) is 11.3 Å². The third-order valence-electron chi connectivity index (χ3n) is 2.58. The van der Waals surface area contributed by atoms with Crippen molar-refractivity contribution in [1.29, 1.82) is 0 Å². The molecule has 0 rings (SSSR count). The lowest BCUT2D eigenvalue weighted by Gasteiger charge is -2.30. The molecule has 0 radical (unpaired) electrons. The van der Waals surface area contributed by atoms with Crippen LogP contribution in [0, 0.1) is 11.3 Å². The second kappa shape index (κ2) is 3.96. The highest BCUT2D eigenvalue weighted by molar-refractivity contribution is 7.88. The van der Waals surface area contributed by atoms with Gasteiger partial charge in [-0.1, -0.05) is 27.7 Å². The molecule has 80 valence electrons. The summed E-state index contributed by atoms with van der Waals surface area (Å²) in [4.78, 5) is 0.